The lowest BCUT2D eigenvalue weighted by atomic mass is 10.1. The number of nitrogens with one attached hydrogen (secondary N) is 1. The molecule has 11 heteroatoms. The number of hydrogen-bond donors (Lipinski definition) is 1. The van der Waals surface area contributed by atoms with Gasteiger partial charge in [-0.3, -0.25) is 14.9 Å². The van der Waals surface area contributed by atoms with Gasteiger partial charge < -0.3 is 5.32 Å². The Morgan fingerprint density at radius 3 is 2.37 bits per heavy atom. The zero-order valence-corrected chi connectivity index (χ0v) is 17.1. The molecule has 0 bridgehead atoms. The van der Waals surface area contributed by atoms with E-state index in [2.05, 4.69) is 15.5 Å². The highest BCUT2D eigenvalue weighted by Crippen LogP contribution is 2.24. The van der Waals surface area contributed by atoms with Crippen LogP contribution >= 0.6 is 11.6 Å². The Hall–Kier alpha value is -3.37. The summed E-state index contributed by atoms with van der Waals surface area (Å²) >= 11 is 5.98. The van der Waals surface area contributed by atoms with Crippen molar-refractivity contribution in [3.05, 3.63) is 75.3 Å². The van der Waals surface area contributed by atoms with Crippen molar-refractivity contribution in [3.63, 3.8) is 0 Å². The van der Waals surface area contributed by atoms with Crippen molar-refractivity contribution < 1.29 is 18.1 Å². The minimum absolute atomic E-state index is 0.0199. The van der Waals surface area contributed by atoms with Crippen LogP contribution in [0, 0.1) is 10.1 Å². The van der Waals surface area contributed by atoms with E-state index in [-0.39, 0.29) is 27.1 Å². The van der Waals surface area contributed by atoms with Crippen LogP contribution in [0.2, 0.25) is 5.02 Å². The van der Waals surface area contributed by atoms with Crippen LogP contribution < -0.4 is 5.32 Å². The molecular formula is C19H15ClN4O5S. The fourth-order valence-corrected chi connectivity index (χ4v) is 3.45. The molecule has 0 aliphatic heterocycles. The molecule has 0 spiro atoms. The van der Waals surface area contributed by atoms with Gasteiger partial charge in [-0.05, 0) is 30.3 Å². The SMILES string of the molecule is CCS(=O)(=O)c1ccc(-c2ccc(NC(=O)c3cc([N+](=O)[O-])ccc3Cl)cc2)nn1. The first-order valence-electron chi connectivity index (χ1n) is 8.63. The van der Waals surface area contributed by atoms with E-state index in [9.17, 15) is 23.3 Å². The molecule has 1 aromatic heterocycles. The fraction of sp³-hybridized carbons (Fsp3) is 0.105. The lowest BCUT2D eigenvalue weighted by Gasteiger charge is -2.08. The molecule has 2 aromatic carbocycles. The molecule has 0 aliphatic carbocycles. The minimum atomic E-state index is -3.43. The molecule has 30 heavy (non-hydrogen) atoms. The van der Waals surface area contributed by atoms with Crippen molar-refractivity contribution in [2.75, 3.05) is 11.1 Å². The number of halogens is 1. The molecular weight excluding hydrogens is 432 g/mol. The van der Waals surface area contributed by atoms with Crippen molar-refractivity contribution in [3.8, 4) is 11.3 Å². The Labute approximate surface area is 176 Å². The Bertz CT molecular complexity index is 1210. The number of rotatable bonds is 6. The molecule has 0 saturated carbocycles. The second kappa shape index (κ2) is 8.56. The first-order chi connectivity index (χ1) is 14.2. The predicted molar refractivity (Wildman–Crippen MR) is 111 cm³/mol. The summed E-state index contributed by atoms with van der Waals surface area (Å²) in [6, 6.07) is 13.1. The molecule has 1 amide bonds. The van der Waals surface area contributed by atoms with Gasteiger partial charge in [0.2, 0.25) is 0 Å². The van der Waals surface area contributed by atoms with E-state index in [4.69, 9.17) is 11.6 Å². The molecule has 3 rings (SSSR count). The van der Waals surface area contributed by atoms with Crippen LogP contribution in [0.25, 0.3) is 11.3 Å². The quantitative estimate of drug-likeness (QED) is 0.450. The van der Waals surface area contributed by atoms with Crippen molar-refractivity contribution in [1.82, 2.24) is 10.2 Å². The van der Waals surface area contributed by atoms with E-state index < -0.39 is 20.7 Å². The third-order valence-electron chi connectivity index (χ3n) is 4.18. The van der Waals surface area contributed by atoms with Crippen LogP contribution in [0.3, 0.4) is 0 Å². The smallest absolute Gasteiger partial charge is 0.270 e. The van der Waals surface area contributed by atoms with Crippen LogP contribution in [-0.4, -0.2) is 35.2 Å². The van der Waals surface area contributed by atoms with Crippen LogP contribution in [0.4, 0.5) is 11.4 Å². The van der Waals surface area contributed by atoms with E-state index in [1.54, 1.807) is 30.3 Å². The zero-order valence-electron chi connectivity index (χ0n) is 15.6. The average Bonchev–Trinajstić information content (AvgIpc) is 2.74. The van der Waals surface area contributed by atoms with E-state index in [0.29, 0.717) is 16.9 Å². The van der Waals surface area contributed by atoms with E-state index in [1.165, 1.54) is 25.1 Å². The Balaban J connectivity index is 1.77. The summed E-state index contributed by atoms with van der Waals surface area (Å²) < 4.78 is 23.6. The molecule has 1 N–H and O–H groups in total. The lowest BCUT2D eigenvalue weighted by Crippen LogP contribution is -2.12. The fourth-order valence-electron chi connectivity index (χ4n) is 2.51. The molecule has 0 atom stereocenters. The monoisotopic (exact) mass is 446 g/mol. The number of hydrogen-bond acceptors (Lipinski definition) is 7. The Kier molecular flexibility index (Phi) is 6.09. The summed E-state index contributed by atoms with van der Waals surface area (Å²) in [5, 5.41) is 21.2. The second-order valence-electron chi connectivity index (χ2n) is 6.11. The highest BCUT2D eigenvalue weighted by Gasteiger charge is 2.17. The first-order valence-corrected chi connectivity index (χ1v) is 10.7. The van der Waals surface area contributed by atoms with Crippen LogP contribution in [-0.2, 0) is 9.84 Å². The number of carbonyl (C=O) groups is 1. The molecule has 0 saturated heterocycles. The number of amides is 1. The minimum Gasteiger partial charge on any atom is -0.322 e. The molecule has 1 heterocycles. The highest BCUT2D eigenvalue weighted by atomic mass is 35.5. The number of sulfone groups is 1. The summed E-state index contributed by atoms with van der Waals surface area (Å²) in [5.74, 6) is -0.658. The van der Waals surface area contributed by atoms with Crippen molar-refractivity contribution >= 4 is 38.7 Å². The third kappa shape index (κ3) is 4.61. The zero-order chi connectivity index (χ0) is 21.9. The van der Waals surface area contributed by atoms with Gasteiger partial charge in [0.15, 0.2) is 14.9 Å². The Morgan fingerprint density at radius 2 is 1.80 bits per heavy atom. The molecule has 0 unspecified atom stereocenters. The summed E-state index contributed by atoms with van der Waals surface area (Å²) in [4.78, 5) is 22.7. The van der Waals surface area contributed by atoms with Gasteiger partial charge in [0.25, 0.3) is 11.6 Å². The van der Waals surface area contributed by atoms with Crippen LogP contribution in [0.5, 0.6) is 0 Å². The van der Waals surface area contributed by atoms with Gasteiger partial charge >= 0.3 is 0 Å². The van der Waals surface area contributed by atoms with Gasteiger partial charge in [0.05, 0.1) is 27.0 Å². The van der Waals surface area contributed by atoms with Gasteiger partial charge in [0, 0.05) is 23.4 Å². The number of nitro benzene ring substituents is 1. The van der Waals surface area contributed by atoms with Crippen molar-refractivity contribution in [2.45, 2.75) is 11.9 Å². The van der Waals surface area contributed by atoms with E-state index in [1.807, 2.05) is 0 Å². The van der Waals surface area contributed by atoms with Gasteiger partial charge in [-0.2, -0.15) is 0 Å². The van der Waals surface area contributed by atoms with Crippen molar-refractivity contribution in [1.29, 1.82) is 0 Å². The third-order valence-corrected chi connectivity index (χ3v) is 6.13. The van der Waals surface area contributed by atoms with Crippen molar-refractivity contribution in [2.24, 2.45) is 0 Å². The molecule has 3 aromatic rings. The number of benzene rings is 2. The molecule has 0 aliphatic rings. The summed E-state index contributed by atoms with van der Waals surface area (Å²) in [6.45, 7) is 1.53. The number of nitro groups is 1. The predicted octanol–water partition coefficient (Wildman–Crippen LogP) is 3.75. The maximum Gasteiger partial charge on any atom is 0.270 e. The summed E-state index contributed by atoms with van der Waals surface area (Å²) in [6.07, 6.45) is 0. The average molecular weight is 447 g/mol. The first kappa shape index (κ1) is 21.3. The number of anilines is 1. The topological polar surface area (TPSA) is 132 Å². The van der Waals surface area contributed by atoms with Gasteiger partial charge in [-0.25, -0.2) is 8.42 Å². The molecule has 0 fully saturated rings. The summed E-state index contributed by atoms with van der Waals surface area (Å²) in [7, 11) is -3.43. The normalized spacial score (nSPS) is 11.1. The van der Waals surface area contributed by atoms with Gasteiger partial charge in [-0.15, -0.1) is 10.2 Å². The van der Waals surface area contributed by atoms with Gasteiger partial charge in [0.1, 0.15) is 0 Å². The number of nitrogens with zero attached hydrogens (tertiary/aromatic N) is 3. The maximum atomic E-state index is 12.4. The van der Waals surface area contributed by atoms with Crippen LogP contribution in [0.15, 0.2) is 59.6 Å². The van der Waals surface area contributed by atoms with Crippen LogP contribution in [0.1, 0.15) is 17.3 Å². The summed E-state index contributed by atoms with van der Waals surface area (Å²) in [5.41, 5.74) is 1.30. The lowest BCUT2D eigenvalue weighted by molar-refractivity contribution is -0.384. The molecule has 9 nitrogen and oxygen atoms in total. The second-order valence-corrected chi connectivity index (χ2v) is 8.75. The number of non-ortho nitro benzene ring substituents is 1. The number of carbonyl (C=O) groups excluding carboxylic acids is 1. The Morgan fingerprint density at radius 1 is 1.10 bits per heavy atom. The highest BCUT2D eigenvalue weighted by molar-refractivity contribution is 7.91. The maximum absolute atomic E-state index is 12.4. The number of aromatic nitrogens is 2. The molecule has 154 valence electrons. The molecule has 0 radical (unpaired) electrons. The van der Waals surface area contributed by atoms with E-state index in [0.717, 1.165) is 6.07 Å². The van der Waals surface area contributed by atoms with E-state index >= 15 is 0 Å². The largest absolute Gasteiger partial charge is 0.322 e. The van der Waals surface area contributed by atoms with Gasteiger partial charge in [-0.1, -0.05) is 30.7 Å². The standard InChI is InChI=1S/C19H15ClN4O5S/c1-2-30(28,29)18-10-9-17(22-23-18)12-3-5-13(6-4-12)21-19(25)15-11-14(24(26)27)7-8-16(15)20/h3-11H,2H2,1H3,(H,21,25).